The van der Waals surface area contributed by atoms with Gasteiger partial charge in [0.05, 0.1) is 5.69 Å². The summed E-state index contributed by atoms with van der Waals surface area (Å²) in [5, 5.41) is 19.8. The first-order valence-corrected chi connectivity index (χ1v) is 6.38. The van der Waals surface area contributed by atoms with Crippen molar-refractivity contribution < 1.29 is 9.90 Å². The molecule has 0 saturated carbocycles. The molecule has 0 saturated heterocycles. The van der Waals surface area contributed by atoms with Crippen molar-refractivity contribution >= 4 is 11.8 Å². The summed E-state index contributed by atoms with van der Waals surface area (Å²) in [6.45, 7) is 5.63. The summed E-state index contributed by atoms with van der Waals surface area (Å²) >= 11 is 0. The summed E-state index contributed by atoms with van der Waals surface area (Å²) in [7, 11) is 0. The Labute approximate surface area is 117 Å². The highest BCUT2D eigenvalue weighted by Crippen LogP contribution is 2.22. The van der Waals surface area contributed by atoms with Crippen molar-refractivity contribution in [3.63, 3.8) is 0 Å². The average Bonchev–Trinajstić information content (AvgIpc) is 2.40. The van der Waals surface area contributed by atoms with Crippen molar-refractivity contribution in [2.75, 3.05) is 5.32 Å². The number of benzene rings is 1. The lowest BCUT2D eigenvalue weighted by atomic mass is 10.0. The zero-order valence-electron chi connectivity index (χ0n) is 11.7. The molecule has 2 N–H and O–H groups in total. The molecule has 104 valence electrons. The van der Waals surface area contributed by atoms with E-state index in [2.05, 4.69) is 21.6 Å². The van der Waals surface area contributed by atoms with Crippen molar-refractivity contribution in [1.82, 2.24) is 10.2 Å². The molecule has 0 fully saturated rings. The fraction of sp³-hybridized carbons (Fsp3) is 0.267. The number of hydrogen-bond donors (Lipinski definition) is 2. The van der Waals surface area contributed by atoms with Crippen LogP contribution in [-0.4, -0.2) is 27.3 Å². The number of anilines is 1. The van der Waals surface area contributed by atoms with E-state index >= 15 is 0 Å². The van der Waals surface area contributed by atoms with E-state index in [4.69, 9.17) is 5.11 Å². The Morgan fingerprint density at radius 3 is 2.50 bits per heavy atom. The lowest BCUT2D eigenvalue weighted by Gasteiger charge is -2.10. The van der Waals surface area contributed by atoms with Crippen molar-refractivity contribution in [3.8, 4) is 11.3 Å². The first kappa shape index (κ1) is 14.0. The van der Waals surface area contributed by atoms with Crippen LogP contribution in [0.3, 0.4) is 0 Å². The van der Waals surface area contributed by atoms with E-state index in [1.165, 1.54) is 5.56 Å². The third kappa shape index (κ3) is 3.12. The molecule has 1 atom stereocenters. The Kier molecular flexibility index (Phi) is 3.98. The molecule has 1 aromatic carbocycles. The fourth-order valence-electron chi connectivity index (χ4n) is 1.94. The van der Waals surface area contributed by atoms with Crippen LogP contribution in [0.1, 0.15) is 18.1 Å². The highest BCUT2D eigenvalue weighted by atomic mass is 16.4. The van der Waals surface area contributed by atoms with Gasteiger partial charge in [0.1, 0.15) is 11.9 Å². The number of carbonyl (C=O) groups is 1. The standard InChI is InChI=1S/C15H17N3O2/c1-9-4-5-12(10(2)8-9)13-6-7-14(18-17-13)16-11(3)15(19)20/h4-8,11H,1-3H3,(H,16,18)(H,19,20). The summed E-state index contributed by atoms with van der Waals surface area (Å²) in [4.78, 5) is 10.8. The van der Waals surface area contributed by atoms with Gasteiger partial charge in [0.25, 0.3) is 0 Å². The van der Waals surface area contributed by atoms with Crippen LogP contribution in [0.4, 0.5) is 5.82 Å². The number of carboxylic acid groups (broad SMARTS) is 1. The molecule has 5 heteroatoms. The average molecular weight is 271 g/mol. The van der Waals surface area contributed by atoms with E-state index in [0.29, 0.717) is 5.82 Å². The van der Waals surface area contributed by atoms with Crippen molar-refractivity contribution in [2.24, 2.45) is 0 Å². The minimum absolute atomic E-state index is 0.452. The van der Waals surface area contributed by atoms with E-state index in [1.54, 1.807) is 13.0 Å². The highest BCUT2D eigenvalue weighted by molar-refractivity contribution is 5.76. The Morgan fingerprint density at radius 2 is 1.95 bits per heavy atom. The summed E-state index contributed by atoms with van der Waals surface area (Å²) < 4.78 is 0. The van der Waals surface area contributed by atoms with Crippen LogP contribution in [-0.2, 0) is 4.79 Å². The second-order valence-electron chi connectivity index (χ2n) is 4.83. The molecule has 5 nitrogen and oxygen atoms in total. The van der Waals surface area contributed by atoms with Crippen molar-refractivity contribution in [2.45, 2.75) is 26.8 Å². The van der Waals surface area contributed by atoms with Gasteiger partial charge < -0.3 is 10.4 Å². The first-order valence-electron chi connectivity index (χ1n) is 6.38. The maximum Gasteiger partial charge on any atom is 0.325 e. The number of nitrogens with one attached hydrogen (secondary N) is 1. The molecule has 0 aliphatic rings. The Balaban J connectivity index is 2.21. The van der Waals surface area contributed by atoms with Crippen LogP contribution in [0.15, 0.2) is 30.3 Å². The van der Waals surface area contributed by atoms with E-state index in [9.17, 15) is 4.79 Å². The molecule has 1 unspecified atom stereocenters. The smallest absolute Gasteiger partial charge is 0.325 e. The molecule has 20 heavy (non-hydrogen) atoms. The molecule has 0 aliphatic carbocycles. The second kappa shape index (κ2) is 5.69. The molecule has 0 aliphatic heterocycles. The molecule has 2 aromatic rings. The van der Waals surface area contributed by atoms with Gasteiger partial charge in [-0.3, -0.25) is 4.79 Å². The Bertz CT molecular complexity index is 624. The first-order chi connectivity index (χ1) is 9.47. The minimum Gasteiger partial charge on any atom is -0.480 e. The molecule has 1 aromatic heterocycles. The SMILES string of the molecule is Cc1ccc(-c2ccc(NC(C)C(=O)O)nn2)c(C)c1. The molecular formula is C15H17N3O2. The van der Waals surface area contributed by atoms with Crippen LogP contribution in [0.5, 0.6) is 0 Å². The summed E-state index contributed by atoms with van der Waals surface area (Å²) in [6.07, 6.45) is 0. The van der Waals surface area contributed by atoms with Crippen LogP contribution in [0.2, 0.25) is 0 Å². The third-order valence-electron chi connectivity index (χ3n) is 3.06. The van der Waals surface area contributed by atoms with Gasteiger partial charge in [-0.25, -0.2) is 0 Å². The number of aromatic nitrogens is 2. The van der Waals surface area contributed by atoms with E-state index in [-0.39, 0.29) is 0 Å². The molecular weight excluding hydrogens is 254 g/mol. The van der Waals surface area contributed by atoms with Gasteiger partial charge in [0.2, 0.25) is 0 Å². The molecule has 0 bridgehead atoms. The molecule has 0 radical (unpaired) electrons. The zero-order chi connectivity index (χ0) is 14.7. The van der Waals surface area contributed by atoms with Crippen LogP contribution in [0.25, 0.3) is 11.3 Å². The fourth-order valence-corrected chi connectivity index (χ4v) is 1.94. The number of aliphatic carboxylic acids is 1. The van der Waals surface area contributed by atoms with Crippen molar-refractivity contribution in [1.29, 1.82) is 0 Å². The Morgan fingerprint density at radius 1 is 1.20 bits per heavy atom. The maximum atomic E-state index is 10.8. The van der Waals surface area contributed by atoms with Gasteiger partial charge in [0, 0.05) is 5.56 Å². The lowest BCUT2D eigenvalue weighted by Crippen LogP contribution is -2.25. The largest absolute Gasteiger partial charge is 0.480 e. The zero-order valence-corrected chi connectivity index (χ0v) is 11.7. The van der Waals surface area contributed by atoms with Crippen LogP contribution in [0, 0.1) is 13.8 Å². The molecule has 0 amide bonds. The van der Waals surface area contributed by atoms with Crippen molar-refractivity contribution in [3.05, 3.63) is 41.5 Å². The topological polar surface area (TPSA) is 75.1 Å². The number of carboxylic acids is 1. The number of nitrogens with zero attached hydrogens (tertiary/aromatic N) is 2. The van der Waals surface area contributed by atoms with Crippen LogP contribution >= 0.6 is 0 Å². The number of rotatable bonds is 4. The number of aryl methyl sites for hydroxylation is 2. The van der Waals surface area contributed by atoms with Gasteiger partial charge in [-0.05, 0) is 38.5 Å². The molecule has 0 spiro atoms. The summed E-state index contributed by atoms with van der Waals surface area (Å²) in [5.74, 6) is -0.473. The monoisotopic (exact) mass is 271 g/mol. The predicted octanol–water partition coefficient (Wildman–Crippen LogP) is 2.65. The van der Waals surface area contributed by atoms with Gasteiger partial charge in [-0.2, -0.15) is 0 Å². The molecule has 2 rings (SSSR count). The second-order valence-corrected chi connectivity index (χ2v) is 4.83. The third-order valence-corrected chi connectivity index (χ3v) is 3.06. The van der Waals surface area contributed by atoms with E-state index in [1.807, 2.05) is 32.0 Å². The van der Waals surface area contributed by atoms with Gasteiger partial charge in [-0.1, -0.05) is 23.8 Å². The van der Waals surface area contributed by atoms with Gasteiger partial charge >= 0.3 is 5.97 Å². The predicted molar refractivity (Wildman–Crippen MR) is 77.7 cm³/mol. The minimum atomic E-state index is -0.926. The van der Waals surface area contributed by atoms with E-state index < -0.39 is 12.0 Å². The normalized spacial score (nSPS) is 11.9. The van der Waals surface area contributed by atoms with Gasteiger partial charge in [-0.15, -0.1) is 10.2 Å². The number of hydrogen-bond acceptors (Lipinski definition) is 4. The maximum absolute atomic E-state index is 10.8. The highest BCUT2D eigenvalue weighted by Gasteiger charge is 2.11. The lowest BCUT2D eigenvalue weighted by molar-refractivity contribution is -0.137. The van der Waals surface area contributed by atoms with E-state index in [0.717, 1.165) is 16.8 Å². The summed E-state index contributed by atoms with van der Waals surface area (Å²) in [6, 6.07) is 9.01. The summed E-state index contributed by atoms with van der Waals surface area (Å²) in [5.41, 5.74) is 4.14. The quantitative estimate of drug-likeness (QED) is 0.894. The molecule has 1 heterocycles. The Hall–Kier alpha value is -2.43. The van der Waals surface area contributed by atoms with Crippen LogP contribution < -0.4 is 5.32 Å². The van der Waals surface area contributed by atoms with Gasteiger partial charge in [0.15, 0.2) is 0 Å².